The van der Waals surface area contributed by atoms with E-state index in [9.17, 15) is 9.59 Å². The molecule has 0 radical (unpaired) electrons. The first kappa shape index (κ1) is 14.9. The van der Waals surface area contributed by atoms with Gasteiger partial charge in [-0.05, 0) is 19.3 Å². The number of cyclic esters (lactones) is 2. The summed E-state index contributed by atoms with van der Waals surface area (Å²) in [7, 11) is 0. The molecule has 1 heterocycles. The van der Waals surface area contributed by atoms with Crippen LogP contribution >= 0.6 is 0 Å². The number of ether oxygens (including phenoxy) is 1. The largest absolute Gasteiger partial charge is 0.393 e. The van der Waals surface area contributed by atoms with Crippen molar-refractivity contribution >= 4 is 11.9 Å². The van der Waals surface area contributed by atoms with Crippen molar-refractivity contribution in [3.8, 4) is 0 Å². The van der Waals surface area contributed by atoms with Gasteiger partial charge in [-0.15, -0.1) is 0 Å². The first-order valence-electron chi connectivity index (χ1n) is 7.12. The number of hydrogen-bond donors (Lipinski definition) is 0. The standard InChI is InChI=1S/C15H24O3/c1-3-5-6-7-8-10-12(9-4-2)13-11-14(16)18-15(13)17/h10,13H,3-9,11H2,1-2H3. The maximum atomic E-state index is 11.6. The minimum Gasteiger partial charge on any atom is -0.393 e. The second-order valence-electron chi connectivity index (χ2n) is 4.93. The van der Waals surface area contributed by atoms with Crippen LogP contribution in [0.2, 0.25) is 0 Å². The minimum absolute atomic E-state index is 0.236. The van der Waals surface area contributed by atoms with Crippen LogP contribution in [0.1, 0.15) is 65.2 Å². The number of unbranched alkanes of at least 4 members (excludes halogenated alkanes) is 4. The lowest BCUT2D eigenvalue weighted by atomic mass is 9.92. The highest BCUT2D eigenvalue weighted by Gasteiger charge is 2.35. The van der Waals surface area contributed by atoms with Crippen LogP contribution in [-0.4, -0.2) is 11.9 Å². The molecule has 1 fully saturated rings. The number of carbonyl (C=O) groups excluding carboxylic acids is 2. The van der Waals surface area contributed by atoms with Crippen molar-refractivity contribution in [2.45, 2.75) is 65.2 Å². The zero-order valence-electron chi connectivity index (χ0n) is 11.5. The van der Waals surface area contributed by atoms with Gasteiger partial charge in [-0.1, -0.05) is 51.2 Å². The Labute approximate surface area is 110 Å². The average molecular weight is 252 g/mol. The molecule has 1 saturated heterocycles. The third-order valence-corrected chi connectivity index (χ3v) is 3.32. The Morgan fingerprint density at radius 3 is 2.56 bits per heavy atom. The Balaban J connectivity index is 2.50. The van der Waals surface area contributed by atoms with Crippen LogP contribution in [-0.2, 0) is 14.3 Å². The van der Waals surface area contributed by atoms with Crippen LogP contribution in [0.3, 0.4) is 0 Å². The van der Waals surface area contributed by atoms with Gasteiger partial charge < -0.3 is 4.74 Å². The van der Waals surface area contributed by atoms with Crippen LogP contribution < -0.4 is 0 Å². The maximum absolute atomic E-state index is 11.6. The van der Waals surface area contributed by atoms with Crippen LogP contribution in [0.4, 0.5) is 0 Å². The summed E-state index contributed by atoms with van der Waals surface area (Å²) in [6, 6.07) is 0. The zero-order chi connectivity index (χ0) is 13.4. The van der Waals surface area contributed by atoms with Gasteiger partial charge in [0, 0.05) is 0 Å². The summed E-state index contributed by atoms with van der Waals surface area (Å²) < 4.78 is 4.63. The summed E-state index contributed by atoms with van der Waals surface area (Å²) in [5, 5.41) is 0. The zero-order valence-corrected chi connectivity index (χ0v) is 11.5. The molecule has 1 aliphatic rings. The molecule has 3 heteroatoms. The molecular weight excluding hydrogens is 228 g/mol. The van der Waals surface area contributed by atoms with E-state index in [2.05, 4.69) is 24.7 Å². The fourth-order valence-electron chi connectivity index (χ4n) is 2.32. The molecule has 0 aromatic rings. The number of rotatable bonds is 8. The molecule has 0 spiro atoms. The summed E-state index contributed by atoms with van der Waals surface area (Å²) in [6.07, 6.45) is 10.2. The molecule has 102 valence electrons. The predicted molar refractivity (Wildman–Crippen MR) is 71.0 cm³/mol. The molecule has 0 aromatic carbocycles. The van der Waals surface area contributed by atoms with Gasteiger partial charge >= 0.3 is 11.9 Å². The Morgan fingerprint density at radius 1 is 1.22 bits per heavy atom. The van der Waals surface area contributed by atoms with Crippen molar-refractivity contribution in [2.75, 3.05) is 0 Å². The van der Waals surface area contributed by atoms with E-state index in [0.717, 1.165) is 31.3 Å². The second kappa shape index (κ2) is 8.06. The van der Waals surface area contributed by atoms with Gasteiger partial charge in [0.25, 0.3) is 0 Å². The highest BCUT2D eigenvalue weighted by Crippen LogP contribution is 2.28. The molecule has 0 N–H and O–H groups in total. The number of allylic oxidation sites excluding steroid dienone is 1. The third kappa shape index (κ3) is 4.63. The Kier molecular flexibility index (Phi) is 6.69. The SMILES string of the molecule is CCCCCCC=C(CCC)C1CC(=O)OC1=O. The Morgan fingerprint density at radius 2 is 2.00 bits per heavy atom. The molecule has 0 aromatic heterocycles. The minimum atomic E-state index is -0.377. The van der Waals surface area contributed by atoms with Gasteiger partial charge in [0.15, 0.2) is 0 Å². The van der Waals surface area contributed by atoms with E-state index in [4.69, 9.17) is 0 Å². The second-order valence-corrected chi connectivity index (χ2v) is 4.93. The fourth-order valence-corrected chi connectivity index (χ4v) is 2.32. The van der Waals surface area contributed by atoms with Crippen LogP contribution in [0.5, 0.6) is 0 Å². The summed E-state index contributed by atoms with van der Waals surface area (Å²) >= 11 is 0. The van der Waals surface area contributed by atoms with Gasteiger partial charge in [-0.25, -0.2) is 0 Å². The van der Waals surface area contributed by atoms with E-state index in [-0.39, 0.29) is 24.3 Å². The van der Waals surface area contributed by atoms with Gasteiger partial charge in [-0.2, -0.15) is 0 Å². The Bertz CT molecular complexity index is 318. The van der Waals surface area contributed by atoms with Crippen molar-refractivity contribution in [2.24, 2.45) is 5.92 Å². The lowest BCUT2D eigenvalue weighted by Crippen LogP contribution is -2.10. The first-order chi connectivity index (χ1) is 8.69. The van der Waals surface area contributed by atoms with E-state index < -0.39 is 0 Å². The molecule has 1 atom stereocenters. The van der Waals surface area contributed by atoms with E-state index in [0.29, 0.717) is 0 Å². The number of esters is 2. The normalized spacial score (nSPS) is 20.3. The summed E-state index contributed by atoms with van der Waals surface area (Å²) in [5.74, 6) is -1.03. The lowest BCUT2D eigenvalue weighted by molar-refractivity contribution is -0.152. The average Bonchev–Trinajstić information content (AvgIpc) is 2.67. The summed E-state index contributed by atoms with van der Waals surface area (Å²) in [5.41, 5.74) is 1.10. The van der Waals surface area contributed by atoms with Crippen LogP contribution in [0.15, 0.2) is 11.6 Å². The van der Waals surface area contributed by atoms with Gasteiger partial charge in [0.1, 0.15) is 0 Å². The molecule has 1 aliphatic heterocycles. The van der Waals surface area contributed by atoms with E-state index in [1.807, 2.05) is 0 Å². The topological polar surface area (TPSA) is 43.4 Å². The lowest BCUT2D eigenvalue weighted by Gasteiger charge is -2.10. The van der Waals surface area contributed by atoms with Crippen molar-refractivity contribution < 1.29 is 14.3 Å². The van der Waals surface area contributed by atoms with Gasteiger partial charge in [0.05, 0.1) is 12.3 Å². The van der Waals surface area contributed by atoms with E-state index >= 15 is 0 Å². The van der Waals surface area contributed by atoms with Crippen molar-refractivity contribution in [3.63, 3.8) is 0 Å². The maximum Gasteiger partial charge on any atom is 0.321 e. The van der Waals surface area contributed by atoms with Crippen molar-refractivity contribution in [3.05, 3.63) is 11.6 Å². The van der Waals surface area contributed by atoms with E-state index in [1.165, 1.54) is 19.3 Å². The van der Waals surface area contributed by atoms with Crippen LogP contribution in [0.25, 0.3) is 0 Å². The summed E-state index contributed by atoms with van der Waals surface area (Å²) in [6.45, 7) is 4.28. The monoisotopic (exact) mass is 252 g/mol. The molecule has 1 unspecified atom stereocenters. The van der Waals surface area contributed by atoms with Crippen molar-refractivity contribution in [1.29, 1.82) is 0 Å². The number of hydrogen-bond acceptors (Lipinski definition) is 3. The molecule has 3 nitrogen and oxygen atoms in total. The molecule has 18 heavy (non-hydrogen) atoms. The van der Waals surface area contributed by atoms with Gasteiger partial charge in [-0.3, -0.25) is 9.59 Å². The van der Waals surface area contributed by atoms with Crippen LogP contribution in [0, 0.1) is 5.92 Å². The molecule has 0 saturated carbocycles. The predicted octanol–water partition coefficient (Wildman–Crippen LogP) is 3.77. The number of carbonyl (C=O) groups is 2. The Hall–Kier alpha value is -1.12. The fraction of sp³-hybridized carbons (Fsp3) is 0.733. The molecule has 0 bridgehead atoms. The quantitative estimate of drug-likeness (QED) is 0.286. The smallest absolute Gasteiger partial charge is 0.321 e. The van der Waals surface area contributed by atoms with Gasteiger partial charge in [0.2, 0.25) is 0 Å². The first-order valence-corrected chi connectivity index (χ1v) is 7.12. The highest BCUT2D eigenvalue weighted by molar-refractivity contribution is 5.96. The molecule has 0 amide bonds. The van der Waals surface area contributed by atoms with Crippen molar-refractivity contribution in [1.82, 2.24) is 0 Å². The van der Waals surface area contributed by atoms with E-state index in [1.54, 1.807) is 0 Å². The third-order valence-electron chi connectivity index (χ3n) is 3.32. The summed E-state index contributed by atoms with van der Waals surface area (Å²) in [4.78, 5) is 22.7. The molecule has 0 aliphatic carbocycles. The molecular formula is C15H24O3. The highest BCUT2D eigenvalue weighted by atomic mass is 16.6. The molecule has 1 rings (SSSR count).